The number of hydrogen-bond acceptors (Lipinski definition) is 3. The summed E-state index contributed by atoms with van der Waals surface area (Å²) in [6.07, 6.45) is 3.55. The van der Waals surface area contributed by atoms with Crippen LogP contribution in [0.5, 0.6) is 0 Å². The number of likely N-dealkylation sites (tertiary alicyclic amines) is 1. The molecule has 1 aromatic carbocycles. The molecule has 0 aliphatic carbocycles. The lowest BCUT2D eigenvalue weighted by molar-refractivity contribution is -0.0282. The van der Waals surface area contributed by atoms with Crippen LogP contribution in [-0.4, -0.2) is 37.4 Å². The first-order valence-corrected chi connectivity index (χ1v) is 6.77. The minimum Gasteiger partial charge on any atom is -0.317 e. The van der Waals surface area contributed by atoms with E-state index < -0.39 is 0 Å². The molecule has 3 heteroatoms. The van der Waals surface area contributed by atoms with Gasteiger partial charge in [-0.15, -0.1) is 0 Å². The molecule has 96 valence electrons. The van der Waals surface area contributed by atoms with Crippen LogP contribution in [-0.2, 0) is 6.54 Å². The highest BCUT2D eigenvalue weighted by Crippen LogP contribution is 2.39. The Hall–Kier alpha value is -1.19. The van der Waals surface area contributed by atoms with E-state index in [1.807, 2.05) is 12.1 Å². The predicted octanol–water partition coefficient (Wildman–Crippen LogP) is 1.68. The Bertz CT molecular complexity index is 413. The van der Waals surface area contributed by atoms with E-state index in [-0.39, 0.29) is 0 Å². The Balaban J connectivity index is 1.54. The molecule has 1 N–H and O–H groups in total. The molecule has 1 spiro atoms. The van der Waals surface area contributed by atoms with Gasteiger partial charge in [-0.3, -0.25) is 9.69 Å². The maximum absolute atomic E-state index is 10.6. The lowest BCUT2D eigenvalue weighted by Gasteiger charge is -2.52. The average Bonchev–Trinajstić information content (AvgIpc) is 2.39. The van der Waals surface area contributed by atoms with Gasteiger partial charge in [0.2, 0.25) is 0 Å². The van der Waals surface area contributed by atoms with Crippen molar-refractivity contribution in [3.63, 3.8) is 0 Å². The van der Waals surface area contributed by atoms with Gasteiger partial charge < -0.3 is 5.32 Å². The molecule has 2 heterocycles. The van der Waals surface area contributed by atoms with Gasteiger partial charge in [-0.05, 0) is 36.9 Å². The Morgan fingerprint density at radius 2 is 1.83 bits per heavy atom. The molecule has 18 heavy (non-hydrogen) atoms. The summed E-state index contributed by atoms with van der Waals surface area (Å²) in [5.74, 6) is 0. The van der Waals surface area contributed by atoms with Crippen molar-refractivity contribution in [3.8, 4) is 0 Å². The van der Waals surface area contributed by atoms with E-state index >= 15 is 0 Å². The number of aldehydes is 1. The molecule has 0 bridgehead atoms. The quantitative estimate of drug-likeness (QED) is 0.821. The van der Waals surface area contributed by atoms with Crippen molar-refractivity contribution >= 4 is 6.29 Å². The zero-order valence-electron chi connectivity index (χ0n) is 10.7. The second kappa shape index (κ2) is 4.82. The highest BCUT2D eigenvalue weighted by molar-refractivity contribution is 5.74. The van der Waals surface area contributed by atoms with Crippen LogP contribution >= 0.6 is 0 Å². The Morgan fingerprint density at radius 1 is 1.17 bits per heavy atom. The molecule has 0 aromatic heterocycles. The normalized spacial score (nSPS) is 22.7. The van der Waals surface area contributed by atoms with E-state index in [2.05, 4.69) is 22.3 Å². The molecule has 2 saturated heterocycles. The van der Waals surface area contributed by atoms with Crippen LogP contribution < -0.4 is 5.32 Å². The second-order valence-corrected chi connectivity index (χ2v) is 5.75. The summed E-state index contributed by atoms with van der Waals surface area (Å²) >= 11 is 0. The van der Waals surface area contributed by atoms with Gasteiger partial charge in [0, 0.05) is 25.2 Å². The van der Waals surface area contributed by atoms with Crippen LogP contribution in [0.2, 0.25) is 0 Å². The number of nitrogens with zero attached hydrogens (tertiary/aromatic N) is 1. The summed E-state index contributed by atoms with van der Waals surface area (Å²) in [6, 6.07) is 7.94. The van der Waals surface area contributed by atoms with E-state index in [1.54, 1.807) is 0 Å². The van der Waals surface area contributed by atoms with Crippen LogP contribution in [0.25, 0.3) is 0 Å². The standard InChI is InChI=1S/C15H20N2O/c18-10-14-3-1-13(2-4-14)9-17-11-15(12-17)5-7-16-8-6-15/h1-4,10,16H,5-9,11-12H2. The fourth-order valence-corrected chi connectivity index (χ4v) is 3.25. The third kappa shape index (κ3) is 2.33. The van der Waals surface area contributed by atoms with Crippen LogP contribution in [0.15, 0.2) is 24.3 Å². The number of rotatable bonds is 3. The van der Waals surface area contributed by atoms with Gasteiger partial charge >= 0.3 is 0 Å². The topological polar surface area (TPSA) is 32.3 Å². The average molecular weight is 244 g/mol. The molecule has 0 unspecified atom stereocenters. The summed E-state index contributed by atoms with van der Waals surface area (Å²) in [5, 5.41) is 3.43. The first-order chi connectivity index (χ1) is 8.80. The molecule has 1 aromatic rings. The van der Waals surface area contributed by atoms with Crippen LogP contribution in [0.4, 0.5) is 0 Å². The Morgan fingerprint density at radius 3 is 2.44 bits per heavy atom. The number of carbonyl (C=O) groups excluding carboxylic acids is 1. The maximum Gasteiger partial charge on any atom is 0.150 e. The van der Waals surface area contributed by atoms with Gasteiger partial charge in [-0.25, -0.2) is 0 Å². The van der Waals surface area contributed by atoms with E-state index in [0.717, 1.165) is 18.4 Å². The minimum absolute atomic E-state index is 0.605. The molecule has 2 aliphatic heterocycles. The molecule has 0 saturated carbocycles. The predicted molar refractivity (Wildman–Crippen MR) is 71.6 cm³/mol. The SMILES string of the molecule is O=Cc1ccc(CN2CC3(CCNCC3)C2)cc1. The van der Waals surface area contributed by atoms with Gasteiger partial charge in [0.25, 0.3) is 0 Å². The lowest BCUT2D eigenvalue weighted by Crippen LogP contribution is -2.59. The number of piperidine rings is 1. The maximum atomic E-state index is 10.6. The number of benzene rings is 1. The Kier molecular flexibility index (Phi) is 3.18. The molecule has 2 aliphatic rings. The smallest absolute Gasteiger partial charge is 0.150 e. The summed E-state index contributed by atoms with van der Waals surface area (Å²) in [5.41, 5.74) is 2.68. The fraction of sp³-hybridized carbons (Fsp3) is 0.533. The van der Waals surface area contributed by atoms with E-state index in [9.17, 15) is 4.79 Å². The van der Waals surface area contributed by atoms with Gasteiger partial charge in [-0.2, -0.15) is 0 Å². The highest BCUT2D eigenvalue weighted by Gasteiger charge is 2.42. The van der Waals surface area contributed by atoms with Gasteiger partial charge in [0.1, 0.15) is 6.29 Å². The second-order valence-electron chi connectivity index (χ2n) is 5.75. The third-order valence-electron chi connectivity index (χ3n) is 4.30. The molecule has 2 fully saturated rings. The fourth-order valence-electron chi connectivity index (χ4n) is 3.25. The number of carbonyl (C=O) groups is 1. The third-order valence-corrected chi connectivity index (χ3v) is 4.30. The number of nitrogens with one attached hydrogen (secondary N) is 1. The van der Waals surface area contributed by atoms with E-state index in [1.165, 1.54) is 44.6 Å². The molecule has 3 nitrogen and oxygen atoms in total. The minimum atomic E-state index is 0.605. The van der Waals surface area contributed by atoms with Gasteiger partial charge in [0.05, 0.1) is 0 Å². The summed E-state index contributed by atoms with van der Waals surface area (Å²) in [6.45, 7) is 5.87. The summed E-state index contributed by atoms with van der Waals surface area (Å²) < 4.78 is 0. The van der Waals surface area contributed by atoms with E-state index in [0.29, 0.717) is 5.41 Å². The molecular weight excluding hydrogens is 224 g/mol. The van der Waals surface area contributed by atoms with Crippen molar-refractivity contribution in [2.45, 2.75) is 19.4 Å². The summed E-state index contributed by atoms with van der Waals surface area (Å²) in [7, 11) is 0. The van der Waals surface area contributed by atoms with Crippen molar-refractivity contribution in [2.24, 2.45) is 5.41 Å². The number of hydrogen-bond donors (Lipinski definition) is 1. The molecular formula is C15H20N2O. The van der Waals surface area contributed by atoms with Crippen molar-refractivity contribution in [2.75, 3.05) is 26.2 Å². The highest BCUT2D eigenvalue weighted by atomic mass is 16.1. The van der Waals surface area contributed by atoms with Crippen LogP contribution in [0, 0.1) is 5.41 Å². The summed E-state index contributed by atoms with van der Waals surface area (Å²) in [4.78, 5) is 13.1. The first-order valence-electron chi connectivity index (χ1n) is 6.77. The van der Waals surface area contributed by atoms with Gasteiger partial charge in [0.15, 0.2) is 0 Å². The van der Waals surface area contributed by atoms with Crippen molar-refractivity contribution in [3.05, 3.63) is 35.4 Å². The zero-order valence-corrected chi connectivity index (χ0v) is 10.7. The molecule has 0 radical (unpaired) electrons. The molecule has 0 amide bonds. The first kappa shape index (κ1) is 11.9. The monoisotopic (exact) mass is 244 g/mol. The van der Waals surface area contributed by atoms with Crippen molar-refractivity contribution < 1.29 is 4.79 Å². The Labute approximate surface area is 108 Å². The lowest BCUT2D eigenvalue weighted by atomic mass is 9.72. The molecule has 0 atom stereocenters. The van der Waals surface area contributed by atoms with E-state index in [4.69, 9.17) is 0 Å². The molecule has 3 rings (SSSR count). The van der Waals surface area contributed by atoms with Gasteiger partial charge in [-0.1, -0.05) is 24.3 Å². The zero-order chi connectivity index (χ0) is 12.4. The van der Waals surface area contributed by atoms with Crippen LogP contribution in [0.3, 0.4) is 0 Å². The van der Waals surface area contributed by atoms with Crippen molar-refractivity contribution in [1.82, 2.24) is 10.2 Å². The largest absolute Gasteiger partial charge is 0.317 e. The van der Waals surface area contributed by atoms with Crippen LogP contribution in [0.1, 0.15) is 28.8 Å². The van der Waals surface area contributed by atoms with Crippen molar-refractivity contribution in [1.29, 1.82) is 0 Å².